The molecule has 0 aromatic heterocycles. The third-order valence-electron chi connectivity index (χ3n) is 2.64. The summed E-state index contributed by atoms with van der Waals surface area (Å²) in [6, 6.07) is 4.87. The molecule has 0 unspecified atom stereocenters. The first-order chi connectivity index (χ1) is 7.18. The zero-order chi connectivity index (χ0) is 10.8. The van der Waals surface area contributed by atoms with Gasteiger partial charge in [-0.2, -0.15) is 0 Å². The molecule has 2 nitrogen and oxygen atoms in total. The molecule has 80 valence electrons. The highest BCUT2D eigenvalue weighted by molar-refractivity contribution is 14.1. The maximum atomic E-state index is 13.2. The Labute approximate surface area is 101 Å². The Morgan fingerprint density at radius 1 is 1.47 bits per heavy atom. The summed E-state index contributed by atoms with van der Waals surface area (Å²) in [7, 11) is 0. The Morgan fingerprint density at radius 3 is 2.80 bits per heavy atom. The number of nitrogens with one attached hydrogen (secondary N) is 1. The average molecular weight is 319 g/mol. The normalized spacial score (nSPS) is 15.9. The predicted octanol–water partition coefficient (Wildman–Crippen LogP) is 2.71. The summed E-state index contributed by atoms with van der Waals surface area (Å²) >= 11 is 1.86. The van der Waals surface area contributed by atoms with Crippen LogP contribution in [-0.4, -0.2) is 11.9 Å². The van der Waals surface area contributed by atoms with Crippen molar-refractivity contribution >= 4 is 28.5 Å². The van der Waals surface area contributed by atoms with Crippen LogP contribution in [0.15, 0.2) is 18.2 Å². The van der Waals surface area contributed by atoms with Crippen molar-refractivity contribution in [1.82, 2.24) is 5.32 Å². The number of carbonyl (C=O) groups is 1. The zero-order valence-electron chi connectivity index (χ0n) is 8.09. The molecule has 1 N–H and O–H groups in total. The summed E-state index contributed by atoms with van der Waals surface area (Å²) in [5, 5.41) is 2.89. The third-order valence-corrected chi connectivity index (χ3v) is 3.73. The van der Waals surface area contributed by atoms with Gasteiger partial charge in [0.15, 0.2) is 0 Å². The molecular weight excluding hydrogens is 308 g/mol. The number of benzene rings is 1. The molecule has 0 aliphatic heterocycles. The Kier molecular flexibility index (Phi) is 3.23. The molecule has 1 aromatic rings. The van der Waals surface area contributed by atoms with Crippen molar-refractivity contribution in [3.05, 3.63) is 33.1 Å². The fourth-order valence-corrected chi connectivity index (χ4v) is 2.10. The molecule has 1 aromatic carbocycles. The number of amides is 1. The summed E-state index contributed by atoms with van der Waals surface area (Å²) in [5.74, 6) is -0.500. The zero-order valence-corrected chi connectivity index (χ0v) is 10.3. The first-order valence-corrected chi connectivity index (χ1v) is 6.01. The van der Waals surface area contributed by atoms with E-state index in [0.29, 0.717) is 9.13 Å². The van der Waals surface area contributed by atoms with Crippen LogP contribution in [0.2, 0.25) is 0 Å². The standard InChI is InChI=1S/C11H11FINO/c12-9-6-2-5-8(10(9)13)11(15)14-7-3-1-4-7/h2,5-7H,1,3-4H2,(H,14,15). The Hall–Kier alpha value is -0.650. The topological polar surface area (TPSA) is 29.1 Å². The average Bonchev–Trinajstić information content (AvgIpc) is 2.15. The van der Waals surface area contributed by atoms with Gasteiger partial charge in [0.25, 0.3) is 5.91 Å². The maximum Gasteiger partial charge on any atom is 0.252 e. The quantitative estimate of drug-likeness (QED) is 0.835. The van der Waals surface area contributed by atoms with Gasteiger partial charge >= 0.3 is 0 Å². The monoisotopic (exact) mass is 319 g/mol. The molecule has 0 saturated heterocycles. The number of rotatable bonds is 2. The van der Waals surface area contributed by atoms with Crippen molar-refractivity contribution in [2.24, 2.45) is 0 Å². The van der Waals surface area contributed by atoms with Crippen LogP contribution in [0.4, 0.5) is 4.39 Å². The fourth-order valence-electron chi connectivity index (χ4n) is 1.49. The minimum atomic E-state index is -0.336. The third kappa shape index (κ3) is 2.30. The summed E-state index contributed by atoms with van der Waals surface area (Å²) < 4.78 is 13.6. The van der Waals surface area contributed by atoms with Crippen LogP contribution in [0.1, 0.15) is 29.6 Å². The van der Waals surface area contributed by atoms with Gasteiger partial charge in [0.2, 0.25) is 0 Å². The lowest BCUT2D eigenvalue weighted by Gasteiger charge is -2.26. The molecule has 0 bridgehead atoms. The van der Waals surface area contributed by atoms with E-state index in [2.05, 4.69) is 5.32 Å². The molecule has 1 fully saturated rings. The molecule has 0 heterocycles. The van der Waals surface area contributed by atoms with Crippen LogP contribution in [0.5, 0.6) is 0 Å². The Balaban J connectivity index is 2.13. The number of carbonyl (C=O) groups excluding carboxylic acids is 1. The van der Waals surface area contributed by atoms with Crippen LogP contribution in [0.25, 0.3) is 0 Å². The highest BCUT2D eigenvalue weighted by Crippen LogP contribution is 2.20. The van der Waals surface area contributed by atoms with Gasteiger partial charge in [-0.15, -0.1) is 0 Å². The van der Waals surface area contributed by atoms with Gasteiger partial charge in [0.05, 0.1) is 9.13 Å². The van der Waals surface area contributed by atoms with E-state index in [1.165, 1.54) is 12.5 Å². The van der Waals surface area contributed by atoms with E-state index in [-0.39, 0.29) is 17.8 Å². The highest BCUT2D eigenvalue weighted by atomic mass is 127. The van der Waals surface area contributed by atoms with Crippen molar-refractivity contribution in [2.75, 3.05) is 0 Å². The molecule has 15 heavy (non-hydrogen) atoms. The number of hydrogen-bond acceptors (Lipinski definition) is 1. The molecule has 4 heteroatoms. The summed E-state index contributed by atoms with van der Waals surface area (Å²) in [5.41, 5.74) is 0.433. The van der Waals surface area contributed by atoms with E-state index < -0.39 is 0 Å². The molecule has 0 atom stereocenters. The number of halogens is 2. The van der Waals surface area contributed by atoms with Crippen molar-refractivity contribution in [3.8, 4) is 0 Å². The largest absolute Gasteiger partial charge is 0.349 e. The van der Waals surface area contributed by atoms with Gasteiger partial charge in [-0.3, -0.25) is 4.79 Å². The molecule has 2 rings (SSSR count). The summed E-state index contributed by atoms with van der Waals surface area (Å²) in [6.07, 6.45) is 3.25. The second kappa shape index (κ2) is 4.47. The molecule has 1 amide bonds. The van der Waals surface area contributed by atoms with E-state index in [9.17, 15) is 9.18 Å². The van der Waals surface area contributed by atoms with E-state index in [0.717, 1.165) is 12.8 Å². The molecule has 1 saturated carbocycles. The van der Waals surface area contributed by atoms with E-state index in [4.69, 9.17) is 0 Å². The van der Waals surface area contributed by atoms with E-state index in [1.807, 2.05) is 22.6 Å². The predicted molar refractivity (Wildman–Crippen MR) is 64.2 cm³/mol. The molecule has 1 aliphatic carbocycles. The fraction of sp³-hybridized carbons (Fsp3) is 0.364. The molecule has 0 radical (unpaired) electrons. The second-order valence-corrected chi connectivity index (χ2v) is 4.78. The molecule has 1 aliphatic rings. The van der Waals surface area contributed by atoms with E-state index >= 15 is 0 Å². The minimum absolute atomic E-state index is 0.163. The Bertz CT molecular complexity index is 390. The lowest BCUT2D eigenvalue weighted by atomic mass is 9.93. The Morgan fingerprint density at radius 2 is 2.20 bits per heavy atom. The van der Waals surface area contributed by atoms with Crippen molar-refractivity contribution in [2.45, 2.75) is 25.3 Å². The lowest BCUT2D eigenvalue weighted by molar-refractivity contribution is 0.0915. The van der Waals surface area contributed by atoms with Gasteiger partial charge in [-0.1, -0.05) is 6.07 Å². The second-order valence-electron chi connectivity index (χ2n) is 3.70. The van der Waals surface area contributed by atoms with Gasteiger partial charge in [-0.25, -0.2) is 4.39 Å². The lowest BCUT2D eigenvalue weighted by Crippen LogP contribution is -2.39. The van der Waals surface area contributed by atoms with Gasteiger partial charge in [-0.05, 0) is 54.0 Å². The van der Waals surface area contributed by atoms with Crippen molar-refractivity contribution < 1.29 is 9.18 Å². The van der Waals surface area contributed by atoms with Gasteiger partial charge in [0, 0.05) is 6.04 Å². The SMILES string of the molecule is O=C(NC1CCC1)c1cccc(F)c1I. The highest BCUT2D eigenvalue weighted by Gasteiger charge is 2.21. The molecule has 0 spiro atoms. The maximum absolute atomic E-state index is 13.2. The minimum Gasteiger partial charge on any atom is -0.349 e. The van der Waals surface area contributed by atoms with Crippen molar-refractivity contribution in [1.29, 1.82) is 0 Å². The van der Waals surface area contributed by atoms with Crippen LogP contribution >= 0.6 is 22.6 Å². The van der Waals surface area contributed by atoms with Gasteiger partial charge in [0.1, 0.15) is 5.82 Å². The van der Waals surface area contributed by atoms with Crippen LogP contribution in [0.3, 0.4) is 0 Å². The van der Waals surface area contributed by atoms with Gasteiger partial charge < -0.3 is 5.32 Å². The van der Waals surface area contributed by atoms with Crippen molar-refractivity contribution in [3.63, 3.8) is 0 Å². The molecular formula is C11H11FINO. The first kappa shape index (κ1) is 10.9. The first-order valence-electron chi connectivity index (χ1n) is 4.93. The van der Waals surface area contributed by atoms with Crippen LogP contribution in [-0.2, 0) is 0 Å². The number of hydrogen-bond donors (Lipinski definition) is 1. The smallest absolute Gasteiger partial charge is 0.252 e. The van der Waals surface area contributed by atoms with E-state index in [1.54, 1.807) is 12.1 Å². The summed E-state index contributed by atoms with van der Waals surface area (Å²) in [4.78, 5) is 11.7. The van der Waals surface area contributed by atoms with Crippen LogP contribution in [0, 0.1) is 9.39 Å². The van der Waals surface area contributed by atoms with Crippen LogP contribution < -0.4 is 5.32 Å². The summed E-state index contributed by atoms with van der Waals surface area (Å²) in [6.45, 7) is 0.